The van der Waals surface area contributed by atoms with Crippen molar-refractivity contribution < 1.29 is 4.74 Å². The Bertz CT molecular complexity index is 704. The van der Waals surface area contributed by atoms with Crippen LogP contribution >= 0.6 is 0 Å². The van der Waals surface area contributed by atoms with Crippen molar-refractivity contribution in [2.75, 3.05) is 29.9 Å². The summed E-state index contributed by atoms with van der Waals surface area (Å²) in [5, 5.41) is 3.56. The number of hydrogen-bond donors (Lipinski definition) is 1. The number of hydrogen-bond acceptors (Lipinski definition) is 7. The molecule has 1 atom stereocenters. The largest absolute Gasteiger partial charge is 0.368 e. The summed E-state index contributed by atoms with van der Waals surface area (Å²) in [7, 11) is 0. The third kappa shape index (κ3) is 3.87. The van der Waals surface area contributed by atoms with E-state index < -0.39 is 0 Å². The third-order valence-electron chi connectivity index (χ3n) is 4.80. The van der Waals surface area contributed by atoms with Crippen LogP contribution in [0.1, 0.15) is 43.3 Å². The predicted molar refractivity (Wildman–Crippen MR) is 95.6 cm³/mol. The Morgan fingerprint density at radius 3 is 2.76 bits per heavy atom. The summed E-state index contributed by atoms with van der Waals surface area (Å²) in [6.07, 6.45) is 8.48. The van der Waals surface area contributed by atoms with Crippen LogP contribution < -0.4 is 10.2 Å². The molecule has 0 bridgehead atoms. The van der Waals surface area contributed by atoms with Crippen molar-refractivity contribution >= 4 is 11.8 Å². The van der Waals surface area contributed by atoms with Crippen molar-refractivity contribution in [3.8, 4) is 0 Å². The number of morpholine rings is 1. The number of rotatable bonds is 4. The smallest absolute Gasteiger partial charge is 0.225 e. The van der Waals surface area contributed by atoms with Gasteiger partial charge in [0.2, 0.25) is 5.95 Å². The summed E-state index contributed by atoms with van der Waals surface area (Å²) in [5.74, 6) is 2.42. The van der Waals surface area contributed by atoms with Crippen LogP contribution in [-0.2, 0) is 4.74 Å². The molecule has 1 saturated heterocycles. The molecule has 1 unspecified atom stereocenters. The van der Waals surface area contributed by atoms with Gasteiger partial charge in [0.05, 0.1) is 18.8 Å². The van der Waals surface area contributed by atoms with Gasteiger partial charge in [-0.3, -0.25) is 0 Å². The minimum atomic E-state index is -0.0941. The molecule has 3 heterocycles. The maximum Gasteiger partial charge on any atom is 0.225 e. The molecular weight excluding hydrogens is 316 g/mol. The first-order chi connectivity index (χ1) is 12.3. The van der Waals surface area contributed by atoms with Crippen molar-refractivity contribution in [2.45, 2.75) is 44.8 Å². The lowest BCUT2D eigenvalue weighted by molar-refractivity contribution is 0.0363. The van der Waals surface area contributed by atoms with E-state index in [0.29, 0.717) is 19.2 Å². The number of nitrogens with one attached hydrogen (secondary N) is 1. The number of aryl methyl sites for hydroxylation is 1. The van der Waals surface area contributed by atoms with Gasteiger partial charge in [-0.25, -0.2) is 19.9 Å². The van der Waals surface area contributed by atoms with Crippen molar-refractivity contribution in [2.24, 2.45) is 0 Å². The van der Waals surface area contributed by atoms with E-state index in [0.717, 1.165) is 29.8 Å². The molecule has 25 heavy (non-hydrogen) atoms. The van der Waals surface area contributed by atoms with Gasteiger partial charge in [0.15, 0.2) is 0 Å². The summed E-state index contributed by atoms with van der Waals surface area (Å²) in [4.78, 5) is 20.0. The molecule has 1 aliphatic heterocycles. The maximum absolute atomic E-state index is 5.98. The van der Waals surface area contributed by atoms with Gasteiger partial charge in [0, 0.05) is 31.0 Å². The molecular formula is C18H24N6O. The van der Waals surface area contributed by atoms with Gasteiger partial charge in [-0.1, -0.05) is 12.8 Å². The van der Waals surface area contributed by atoms with E-state index in [4.69, 9.17) is 4.74 Å². The zero-order valence-electron chi connectivity index (χ0n) is 14.6. The number of ether oxygens (including phenoxy) is 1. The molecule has 0 amide bonds. The molecule has 0 radical (unpaired) electrons. The lowest BCUT2D eigenvalue weighted by atomic mass is 10.2. The second-order valence-corrected chi connectivity index (χ2v) is 6.71. The van der Waals surface area contributed by atoms with E-state index in [-0.39, 0.29) is 6.10 Å². The van der Waals surface area contributed by atoms with Crippen LogP contribution in [0.2, 0.25) is 0 Å². The fourth-order valence-electron chi connectivity index (χ4n) is 3.57. The average Bonchev–Trinajstić information content (AvgIpc) is 3.15. The molecule has 132 valence electrons. The van der Waals surface area contributed by atoms with Gasteiger partial charge in [-0.2, -0.15) is 0 Å². The molecule has 1 N–H and O–H groups in total. The summed E-state index contributed by atoms with van der Waals surface area (Å²) in [6, 6.07) is 4.39. The quantitative estimate of drug-likeness (QED) is 0.916. The molecule has 2 aromatic heterocycles. The highest BCUT2D eigenvalue weighted by Crippen LogP contribution is 2.26. The molecule has 7 heteroatoms. The average molecular weight is 340 g/mol. The fraction of sp³-hybridized carbons (Fsp3) is 0.556. The van der Waals surface area contributed by atoms with E-state index in [1.807, 2.05) is 19.1 Å². The molecule has 0 aromatic carbocycles. The number of aromatic nitrogens is 4. The molecule has 0 spiro atoms. The fourth-order valence-corrected chi connectivity index (χ4v) is 3.57. The van der Waals surface area contributed by atoms with Crippen LogP contribution in [0.15, 0.2) is 24.5 Å². The van der Waals surface area contributed by atoms with Gasteiger partial charge in [0.25, 0.3) is 0 Å². The van der Waals surface area contributed by atoms with E-state index in [1.165, 1.54) is 25.7 Å². The van der Waals surface area contributed by atoms with Crippen LogP contribution in [0.5, 0.6) is 0 Å². The van der Waals surface area contributed by atoms with Crippen molar-refractivity contribution in [1.29, 1.82) is 0 Å². The molecule has 4 rings (SSSR count). The highest BCUT2D eigenvalue weighted by Gasteiger charge is 2.26. The van der Waals surface area contributed by atoms with Crippen molar-refractivity contribution in [1.82, 2.24) is 19.9 Å². The second-order valence-electron chi connectivity index (χ2n) is 6.71. The lowest BCUT2D eigenvalue weighted by Crippen LogP contribution is -2.39. The Balaban J connectivity index is 1.51. The van der Waals surface area contributed by atoms with Crippen LogP contribution in [0, 0.1) is 6.92 Å². The van der Waals surface area contributed by atoms with E-state index in [2.05, 4.69) is 30.2 Å². The minimum absolute atomic E-state index is 0.0941. The number of anilines is 2. The summed E-state index contributed by atoms with van der Waals surface area (Å²) in [5.41, 5.74) is 0.925. The molecule has 7 nitrogen and oxygen atoms in total. The normalized spacial score (nSPS) is 21.5. The first-order valence-corrected chi connectivity index (χ1v) is 9.03. The van der Waals surface area contributed by atoms with Gasteiger partial charge >= 0.3 is 0 Å². The monoisotopic (exact) mass is 340 g/mol. The molecule has 2 aromatic rings. The van der Waals surface area contributed by atoms with E-state index in [1.54, 1.807) is 12.4 Å². The summed E-state index contributed by atoms with van der Waals surface area (Å²) < 4.78 is 5.98. The van der Waals surface area contributed by atoms with Gasteiger partial charge < -0.3 is 15.0 Å². The summed E-state index contributed by atoms with van der Waals surface area (Å²) in [6.45, 7) is 4.06. The third-order valence-corrected chi connectivity index (χ3v) is 4.80. The van der Waals surface area contributed by atoms with Crippen LogP contribution in [0.4, 0.5) is 11.8 Å². The SMILES string of the molecule is Cc1nc(NC2CCCC2)cc(C2CN(c3ncccn3)CCO2)n1. The summed E-state index contributed by atoms with van der Waals surface area (Å²) >= 11 is 0. The highest BCUT2D eigenvalue weighted by atomic mass is 16.5. The lowest BCUT2D eigenvalue weighted by Gasteiger charge is -2.32. The van der Waals surface area contributed by atoms with Crippen molar-refractivity contribution in [3.63, 3.8) is 0 Å². The first kappa shape index (κ1) is 16.2. The Kier molecular flexibility index (Phi) is 4.74. The Morgan fingerprint density at radius 1 is 1.16 bits per heavy atom. The molecule has 2 fully saturated rings. The Labute approximate surface area is 147 Å². The molecule has 1 saturated carbocycles. The molecule has 1 aliphatic carbocycles. The van der Waals surface area contributed by atoms with Gasteiger partial charge in [-0.05, 0) is 25.8 Å². The van der Waals surface area contributed by atoms with Gasteiger partial charge in [0.1, 0.15) is 17.7 Å². The zero-order chi connectivity index (χ0) is 17.1. The Morgan fingerprint density at radius 2 is 1.96 bits per heavy atom. The Hall–Kier alpha value is -2.28. The molecule has 2 aliphatic rings. The number of nitrogens with zero attached hydrogens (tertiary/aromatic N) is 5. The van der Waals surface area contributed by atoms with Crippen LogP contribution in [0.25, 0.3) is 0 Å². The van der Waals surface area contributed by atoms with Crippen molar-refractivity contribution in [3.05, 3.63) is 36.0 Å². The van der Waals surface area contributed by atoms with E-state index in [9.17, 15) is 0 Å². The van der Waals surface area contributed by atoms with E-state index >= 15 is 0 Å². The maximum atomic E-state index is 5.98. The van der Waals surface area contributed by atoms with Crippen LogP contribution in [-0.4, -0.2) is 45.7 Å². The zero-order valence-corrected chi connectivity index (χ0v) is 14.6. The topological polar surface area (TPSA) is 76.1 Å². The predicted octanol–water partition coefficient (Wildman–Crippen LogP) is 2.51. The first-order valence-electron chi connectivity index (χ1n) is 9.03. The minimum Gasteiger partial charge on any atom is -0.368 e. The van der Waals surface area contributed by atoms with Gasteiger partial charge in [-0.15, -0.1) is 0 Å². The highest BCUT2D eigenvalue weighted by molar-refractivity contribution is 5.39. The van der Waals surface area contributed by atoms with Crippen LogP contribution in [0.3, 0.4) is 0 Å². The standard InChI is InChI=1S/C18H24N6O/c1-13-21-15(11-17(22-13)23-14-5-2-3-6-14)16-12-24(9-10-25-16)18-19-7-4-8-20-18/h4,7-8,11,14,16H,2-3,5-6,9-10,12H2,1H3,(H,21,22,23). The second kappa shape index (κ2) is 7.31.